The number of hydrogen-bond acceptors (Lipinski definition) is 5. The van der Waals surface area contributed by atoms with Crippen molar-refractivity contribution in [3.05, 3.63) is 14.8 Å². The molecule has 0 amide bonds. The summed E-state index contributed by atoms with van der Waals surface area (Å²) < 4.78 is 1.99. The van der Waals surface area contributed by atoms with Crippen molar-refractivity contribution in [3.8, 4) is 0 Å². The maximum absolute atomic E-state index is 10.5. The van der Waals surface area contributed by atoms with Gasteiger partial charge in [0.1, 0.15) is 0 Å². The van der Waals surface area contributed by atoms with Crippen LogP contribution in [0.15, 0.2) is 4.73 Å². The van der Waals surface area contributed by atoms with Crippen LogP contribution < -0.4 is 5.32 Å². The lowest BCUT2D eigenvalue weighted by atomic mass is 9.98. The fourth-order valence-corrected chi connectivity index (χ4v) is 2.20. The summed E-state index contributed by atoms with van der Waals surface area (Å²) in [6, 6.07) is 0. The molecule has 1 aromatic rings. The minimum atomic E-state index is -0.580. The van der Waals surface area contributed by atoms with Crippen LogP contribution in [-0.2, 0) is 6.54 Å². The van der Waals surface area contributed by atoms with E-state index in [1.807, 2.05) is 0 Å². The predicted molar refractivity (Wildman–Crippen MR) is 60.0 cm³/mol. The summed E-state index contributed by atoms with van der Waals surface area (Å²) in [5, 5.41) is 17.6. The molecule has 88 valence electrons. The zero-order valence-electron chi connectivity index (χ0n) is 8.60. The van der Waals surface area contributed by atoms with E-state index in [1.165, 1.54) is 0 Å². The van der Waals surface area contributed by atoms with Gasteiger partial charge in [-0.2, -0.15) is 4.68 Å². The molecule has 0 bridgehead atoms. The summed E-state index contributed by atoms with van der Waals surface area (Å²) in [5.41, 5.74) is 0. The van der Waals surface area contributed by atoms with Gasteiger partial charge in [0, 0.05) is 21.0 Å². The number of halogens is 1. The van der Waals surface area contributed by atoms with E-state index in [0.29, 0.717) is 17.2 Å². The second-order valence-electron chi connectivity index (χ2n) is 3.81. The van der Waals surface area contributed by atoms with Crippen molar-refractivity contribution in [1.29, 1.82) is 0 Å². The zero-order chi connectivity index (χ0) is 11.5. The number of rotatable bonds is 3. The topological polar surface area (TPSA) is 85.9 Å². The van der Waals surface area contributed by atoms with Crippen LogP contribution in [0.3, 0.4) is 0 Å². The standard InChI is InChI=1S/C8H12BrN5O2/c9-7-11-8(14(15)16)12-13(7)5-6-1-3-10-4-2-6/h6,10H,1-5H2. The lowest BCUT2D eigenvalue weighted by molar-refractivity contribution is -0.394. The highest BCUT2D eigenvalue weighted by Gasteiger charge is 2.22. The number of aromatic nitrogens is 3. The van der Waals surface area contributed by atoms with Gasteiger partial charge < -0.3 is 15.4 Å². The summed E-state index contributed by atoms with van der Waals surface area (Å²) >= 11 is 3.18. The van der Waals surface area contributed by atoms with Gasteiger partial charge in [-0.1, -0.05) is 0 Å². The van der Waals surface area contributed by atoms with Crippen molar-refractivity contribution in [3.63, 3.8) is 0 Å². The van der Waals surface area contributed by atoms with Gasteiger partial charge in [-0.3, -0.25) is 0 Å². The van der Waals surface area contributed by atoms with E-state index in [1.54, 1.807) is 4.68 Å². The molecule has 1 aromatic heterocycles. The van der Waals surface area contributed by atoms with E-state index in [9.17, 15) is 10.1 Å². The molecule has 1 saturated heterocycles. The van der Waals surface area contributed by atoms with Crippen molar-refractivity contribution in [1.82, 2.24) is 20.1 Å². The van der Waals surface area contributed by atoms with Gasteiger partial charge in [-0.05, 0) is 41.8 Å². The van der Waals surface area contributed by atoms with E-state index in [2.05, 4.69) is 31.3 Å². The number of nitrogens with zero attached hydrogens (tertiary/aromatic N) is 4. The van der Waals surface area contributed by atoms with Crippen molar-refractivity contribution < 1.29 is 4.92 Å². The first kappa shape index (κ1) is 11.5. The molecule has 1 aliphatic heterocycles. The van der Waals surface area contributed by atoms with E-state index < -0.39 is 4.92 Å². The maximum Gasteiger partial charge on any atom is 0.492 e. The van der Waals surface area contributed by atoms with Gasteiger partial charge in [-0.15, -0.1) is 0 Å². The average molecular weight is 290 g/mol. The van der Waals surface area contributed by atoms with Crippen LogP contribution in [-0.4, -0.2) is 32.8 Å². The Bertz CT molecular complexity index is 388. The first-order chi connectivity index (χ1) is 7.66. The monoisotopic (exact) mass is 289 g/mol. The quantitative estimate of drug-likeness (QED) is 0.661. The van der Waals surface area contributed by atoms with E-state index >= 15 is 0 Å². The summed E-state index contributed by atoms with van der Waals surface area (Å²) in [7, 11) is 0. The Morgan fingerprint density at radius 3 is 2.81 bits per heavy atom. The SMILES string of the molecule is O=[N+]([O-])c1nc(Br)n(CC2CCNCC2)n1. The summed E-state index contributed by atoms with van der Waals surface area (Å²) in [5.74, 6) is 0.166. The minimum Gasteiger partial charge on any atom is -0.390 e. The number of piperidine rings is 1. The Kier molecular flexibility index (Phi) is 3.49. The molecule has 7 nitrogen and oxygen atoms in total. The van der Waals surface area contributed by atoms with Crippen molar-refractivity contribution in [2.45, 2.75) is 19.4 Å². The van der Waals surface area contributed by atoms with E-state index in [0.717, 1.165) is 25.9 Å². The zero-order valence-corrected chi connectivity index (χ0v) is 10.2. The van der Waals surface area contributed by atoms with Crippen molar-refractivity contribution in [2.75, 3.05) is 13.1 Å². The van der Waals surface area contributed by atoms with Gasteiger partial charge in [-0.25, -0.2) is 0 Å². The third-order valence-electron chi connectivity index (χ3n) is 2.67. The minimum absolute atomic E-state index is 0.346. The van der Waals surface area contributed by atoms with Gasteiger partial charge in [0.05, 0.1) is 6.54 Å². The fourth-order valence-electron chi connectivity index (χ4n) is 1.81. The Balaban J connectivity index is 2.05. The smallest absolute Gasteiger partial charge is 0.390 e. The second-order valence-corrected chi connectivity index (χ2v) is 4.52. The molecule has 0 radical (unpaired) electrons. The predicted octanol–water partition coefficient (Wildman–Crippen LogP) is 0.948. The molecule has 0 saturated carbocycles. The molecule has 1 N–H and O–H groups in total. The molecular weight excluding hydrogens is 278 g/mol. The molecule has 1 aliphatic rings. The number of hydrogen-bond donors (Lipinski definition) is 1. The maximum atomic E-state index is 10.5. The van der Waals surface area contributed by atoms with E-state index in [-0.39, 0.29) is 5.95 Å². The first-order valence-electron chi connectivity index (χ1n) is 5.12. The van der Waals surface area contributed by atoms with Crippen LogP contribution in [0.4, 0.5) is 5.95 Å². The molecule has 0 aromatic carbocycles. The molecular formula is C8H12BrN5O2. The van der Waals surface area contributed by atoms with Crippen LogP contribution in [0.25, 0.3) is 0 Å². The largest absolute Gasteiger partial charge is 0.492 e. The summed E-state index contributed by atoms with van der Waals surface area (Å²) in [4.78, 5) is 13.6. The molecule has 1 fully saturated rings. The Morgan fingerprint density at radius 1 is 1.56 bits per heavy atom. The Morgan fingerprint density at radius 2 is 2.25 bits per heavy atom. The molecule has 0 atom stereocenters. The highest BCUT2D eigenvalue weighted by molar-refractivity contribution is 9.10. The molecule has 8 heteroatoms. The summed E-state index contributed by atoms with van der Waals surface area (Å²) in [6.45, 7) is 2.68. The van der Waals surface area contributed by atoms with Gasteiger partial charge in [0.15, 0.2) is 0 Å². The molecule has 0 aliphatic carbocycles. The number of nitro groups is 1. The second kappa shape index (κ2) is 4.88. The van der Waals surface area contributed by atoms with Crippen molar-refractivity contribution >= 4 is 21.9 Å². The Labute approximate surface area is 101 Å². The highest BCUT2D eigenvalue weighted by Crippen LogP contribution is 2.18. The molecule has 0 unspecified atom stereocenters. The Hall–Kier alpha value is -1.02. The van der Waals surface area contributed by atoms with Crippen molar-refractivity contribution in [2.24, 2.45) is 5.92 Å². The first-order valence-corrected chi connectivity index (χ1v) is 5.91. The fraction of sp³-hybridized carbons (Fsp3) is 0.750. The molecule has 0 spiro atoms. The van der Waals surface area contributed by atoms with Crippen LogP contribution in [0.1, 0.15) is 12.8 Å². The lowest BCUT2D eigenvalue weighted by Crippen LogP contribution is -2.30. The van der Waals surface area contributed by atoms with Crippen LogP contribution in [0, 0.1) is 16.0 Å². The van der Waals surface area contributed by atoms with E-state index in [4.69, 9.17) is 0 Å². The summed E-state index contributed by atoms with van der Waals surface area (Å²) in [6.07, 6.45) is 2.14. The van der Waals surface area contributed by atoms with Gasteiger partial charge in [0.2, 0.25) is 0 Å². The molecule has 2 rings (SSSR count). The van der Waals surface area contributed by atoms with Gasteiger partial charge in [0.25, 0.3) is 4.73 Å². The normalized spacial score (nSPS) is 17.6. The van der Waals surface area contributed by atoms with Crippen LogP contribution >= 0.6 is 15.9 Å². The third kappa shape index (κ3) is 2.56. The molecule has 2 heterocycles. The van der Waals surface area contributed by atoms with Crippen LogP contribution in [0.2, 0.25) is 0 Å². The van der Waals surface area contributed by atoms with Crippen LogP contribution in [0.5, 0.6) is 0 Å². The molecule has 16 heavy (non-hydrogen) atoms. The highest BCUT2D eigenvalue weighted by atomic mass is 79.9. The average Bonchev–Trinajstić information content (AvgIpc) is 2.62. The van der Waals surface area contributed by atoms with Gasteiger partial charge >= 0.3 is 5.95 Å². The number of nitrogens with one attached hydrogen (secondary N) is 1. The lowest BCUT2D eigenvalue weighted by Gasteiger charge is -2.21. The third-order valence-corrected chi connectivity index (χ3v) is 3.26.